The van der Waals surface area contributed by atoms with Gasteiger partial charge >= 0.3 is 12.1 Å². The Bertz CT molecular complexity index is 1220. The van der Waals surface area contributed by atoms with E-state index in [0.29, 0.717) is 48.5 Å². The molecule has 3 aliphatic rings. The summed E-state index contributed by atoms with van der Waals surface area (Å²) in [6, 6.07) is 6.70. The third-order valence-corrected chi connectivity index (χ3v) is 9.17. The van der Waals surface area contributed by atoms with Gasteiger partial charge in [-0.05, 0) is 86.3 Å². The SMILES string of the molecule is C[C@H](C(=O)O)[C@H](c1ccc2c(c1F)OC1(CC2)CCN([C@H](C)c2cc(C(F)(F)F)ccc2Cl)CC1)C1CC1. The molecule has 2 aliphatic heterocycles. The van der Waals surface area contributed by atoms with Crippen LogP contribution in [0.15, 0.2) is 30.3 Å². The Kier molecular flexibility index (Phi) is 7.18. The van der Waals surface area contributed by atoms with Gasteiger partial charge in [0.25, 0.3) is 0 Å². The molecule has 9 heteroatoms. The molecule has 1 saturated carbocycles. The number of hydrogen-bond donors (Lipinski definition) is 1. The molecule has 1 saturated heterocycles. The van der Waals surface area contributed by atoms with Crippen molar-refractivity contribution in [1.82, 2.24) is 4.90 Å². The van der Waals surface area contributed by atoms with Crippen molar-refractivity contribution in [3.8, 4) is 5.75 Å². The van der Waals surface area contributed by atoms with E-state index in [-0.39, 0.29) is 23.6 Å². The molecule has 2 aromatic rings. The van der Waals surface area contributed by atoms with Crippen molar-refractivity contribution in [3.63, 3.8) is 0 Å². The number of aryl methyl sites for hydroxylation is 1. The van der Waals surface area contributed by atoms with Crippen LogP contribution >= 0.6 is 11.6 Å². The number of carboxylic acids is 1. The first-order valence-electron chi connectivity index (χ1n) is 13.2. The second kappa shape index (κ2) is 10.0. The topological polar surface area (TPSA) is 49.8 Å². The van der Waals surface area contributed by atoms with Crippen LogP contribution in [0.5, 0.6) is 5.75 Å². The first kappa shape index (κ1) is 27.3. The lowest BCUT2D eigenvalue weighted by Gasteiger charge is -2.46. The molecule has 4 nitrogen and oxygen atoms in total. The quantitative estimate of drug-likeness (QED) is 0.374. The first-order chi connectivity index (χ1) is 17.9. The fraction of sp³-hybridized carbons (Fsp3) is 0.552. The van der Waals surface area contributed by atoms with E-state index in [1.807, 2.05) is 13.0 Å². The first-order valence-corrected chi connectivity index (χ1v) is 13.6. The number of carboxylic acid groups (broad SMARTS) is 1. The number of aliphatic carboxylic acids is 1. The van der Waals surface area contributed by atoms with Crippen molar-refractivity contribution in [1.29, 1.82) is 0 Å². The number of alkyl halides is 3. The molecule has 1 spiro atoms. The van der Waals surface area contributed by atoms with E-state index in [1.165, 1.54) is 6.07 Å². The minimum Gasteiger partial charge on any atom is -0.484 e. The van der Waals surface area contributed by atoms with Gasteiger partial charge in [0.1, 0.15) is 5.60 Å². The molecule has 2 fully saturated rings. The molecule has 1 aliphatic carbocycles. The Balaban J connectivity index is 1.33. The number of halogens is 5. The predicted molar refractivity (Wildman–Crippen MR) is 136 cm³/mol. The van der Waals surface area contributed by atoms with Crippen LogP contribution in [0.3, 0.4) is 0 Å². The Morgan fingerprint density at radius 1 is 1.11 bits per heavy atom. The van der Waals surface area contributed by atoms with Gasteiger partial charge in [-0.15, -0.1) is 0 Å². The van der Waals surface area contributed by atoms with E-state index in [4.69, 9.17) is 16.3 Å². The molecule has 206 valence electrons. The summed E-state index contributed by atoms with van der Waals surface area (Å²) >= 11 is 6.29. The highest BCUT2D eigenvalue weighted by Crippen LogP contribution is 2.50. The normalized spacial score (nSPS) is 21.9. The Morgan fingerprint density at radius 3 is 2.39 bits per heavy atom. The molecule has 5 rings (SSSR count). The number of ether oxygens (including phenoxy) is 1. The summed E-state index contributed by atoms with van der Waals surface area (Å²) in [5.74, 6) is -2.06. The van der Waals surface area contributed by atoms with Gasteiger partial charge in [-0.1, -0.05) is 30.7 Å². The van der Waals surface area contributed by atoms with E-state index in [9.17, 15) is 23.1 Å². The van der Waals surface area contributed by atoms with Gasteiger partial charge in [-0.3, -0.25) is 9.69 Å². The molecule has 0 aromatic heterocycles. The summed E-state index contributed by atoms with van der Waals surface area (Å²) in [4.78, 5) is 13.8. The molecule has 2 aromatic carbocycles. The van der Waals surface area contributed by atoms with Crippen molar-refractivity contribution in [2.24, 2.45) is 11.8 Å². The van der Waals surface area contributed by atoms with Crippen molar-refractivity contribution in [2.75, 3.05) is 13.1 Å². The molecule has 3 atom stereocenters. The van der Waals surface area contributed by atoms with Crippen LogP contribution in [0.2, 0.25) is 5.02 Å². The number of carbonyl (C=O) groups is 1. The summed E-state index contributed by atoms with van der Waals surface area (Å²) in [6.07, 6.45) is -0.0602. The van der Waals surface area contributed by atoms with E-state index in [1.54, 1.807) is 13.0 Å². The monoisotopic (exact) mass is 553 g/mol. The van der Waals surface area contributed by atoms with Gasteiger partial charge in [0, 0.05) is 30.1 Å². The van der Waals surface area contributed by atoms with Crippen molar-refractivity contribution in [2.45, 2.75) is 76.1 Å². The summed E-state index contributed by atoms with van der Waals surface area (Å²) < 4.78 is 62.2. The van der Waals surface area contributed by atoms with Crippen LogP contribution in [-0.4, -0.2) is 34.7 Å². The van der Waals surface area contributed by atoms with Crippen LogP contribution in [0.1, 0.15) is 80.2 Å². The molecule has 0 unspecified atom stereocenters. The van der Waals surface area contributed by atoms with Crippen molar-refractivity contribution >= 4 is 17.6 Å². The zero-order valence-corrected chi connectivity index (χ0v) is 22.2. The van der Waals surface area contributed by atoms with Crippen LogP contribution in [0, 0.1) is 17.7 Å². The summed E-state index contributed by atoms with van der Waals surface area (Å²) in [5.41, 5.74) is 0.358. The minimum absolute atomic E-state index is 0.165. The van der Waals surface area contributed by atoms with E-state index in [0.717, 1.165) is 37.0 Å². The standard InChI is InChI=1S/C29H32ClF4NO3/c1-16(27(36)37)24(18-3-4-18)21-7-5-19-9-10-28(38-26(19)25(21)31)11-13-35(14-12-28)17(2)22-15-20(29(32,33)34)6-8-23(22)30/h5-8,15-18,24H,3-4,9-14H2,1-2H3,(H,36,37)/t16-,17+,24-/m0/s1. The fourth-order valence-electron chi connectivity index (χ4n) is 6.25. The zero-order valence-electron chi connectivity index (χ0n) is 21.5. The second-order valence-electron chi connectivity index (χ2n) is 11.2. The largest absolute Gasteiger partial charge is 0.484 e. The lowest BCUT2D eigenvalue weighted by atomic mass is 9.79. The van der Waals surface area contributed by atoms with E-state index in [2.05, 4.69) is 4.90 Å². The van der Waals surface area contributed by atoms with Gasteiger partial charge in [0.15, 0.2) is 11.6 Å². The maximum Gasteiger partial charge on any atom is 0.416 e. The summed E-state index contributed by atoms with van der Waals surface area (Å²) in [7, 11) is 0. The summed E-state index contributed by atoms with van der Waals surface area (Å²) in [6.45, 7) is 4.64. The number of piperidine rings is 1. The van der Waals surface area contributed by atoms with Crippen molar-refractivity contribution < 1.29 is 32.2 Å². The van der Waals surface area contributed by atoms with E-state index < -0.39 is 35.0 Å². The highest BCUT2D eigenvalue weighted by Gasteiger charge is 2.44. The average molecular weight is 554 g/mol. The molecule has 38 heavy (non-hydrogen) atoms. The van der Waals surface area contributed by atoms with Gasteiger partial charge in [-0.2, -0.15) is 13.2 Å². The minimum atomic E-state index is -4.45. The number of hydrogen-bond acceptors (Lipinski definition) is 3. The third kappa shape index (κ3) is 5.14. The Hall–Kier alpha value is -2.32. The predicted octanol–water partition coefficient (Wildman–Crippen LogP) is 7.63. The smallest absolute Gasteiger partial charge is 0.416 e. The Morgan fingerprint density at radius 2 is 1.79 bits per heavy atom. The van der Waals surface area contributed by atoms with Crippen LogP contribution in [0.4, 0.5) is 17.6 Å². The highest BCUT2D eigenvalue weighted by molar-refractivity contribution is 6.31. The number of fused-ring (bicyclic) bond motifs is 1. The number of nitrogens with zero attached hydrogens (tertiary/aromatic N) is 1. The van der Waals surface area contributed by atoms with Crippen LogP contribution in [0.25, 0.3) is 0 Å². The van der Waals surface area contributed by atoms with E-state index >= 15 is 4.39 Å². The summed E-state index contributed by atoms with van der Waals surface area (Å²) in [5, 5.41) is 9.92. The molecule has 0 bridgehead atoms. The number of rotatable bonds is 6. The Labute approximate surface area is 224 Å². The lowest BCUT2D eigenvalue weighted by molar-refractivity contribution is -0.142. The fourth-order valence-corrected chi connectivity index (χ4v) is 6.53. The highest BCUT2D eigenvalue weighted by atomic mass is 35.5. The maximum atomic E-state index is 15.9. The van der Waals surface area contributed by atoms with Gasteiger partial charge in [-0.25, -0.2) is 4.39 Å². The molecule has 2 heterocycles. The average Bonchev–Trinajstić information content (AvgIpc) is 3.71. The number of benzene rings is 2. The lowest BCUT2D eigenvalue weighted by Crippen LogP contribution is -2.50. The van der Waals surface area contributed by atoms with Gasteiger partial charge < -0.3 is 9.84 Å². The molecular weight excluding hydrogens is 522 g/mol. The second-order valence-corrected chi connectivity index (χ2v) is 11.6. The molecule has 0 radical (unpaired) electrons. The molecule has 0 amide bonds. The van der Waals surface area contributed by atoms with Crippen LogP contribution in [-0.2, 0) is 17.4 Å². The van der Waals surface area contributed by atoms with Crippen LogP contribution < -0.4 is 4.74 Å². The molecular formula is C29H32ClF4NO3. The third-order valence-electron chi connectivity index (χ3n) is 8.82. The number of likely N-dealkylation sites (tertiary alicyclic amines) is 1. The van der Waals surface area contributed by atoms with Crippen molar-refractivity contribution in [3.05, 3.63) is 63.4 Å². The molecule has 1 N–H and O–H groups in total. The maximum absolute atomic E-state index is 15.9. The zero-order chi connectivity index (χ0) is 27.4. The van der Waals surface area contributed by atoms with Gasteiger partial charge in [0.2, 0.25) is 0 Å². The van der Waals surface area contributed by atoms with Gasteiger partial charge in [0.05, 0.1) is 11.5 Å².